The zero-order valence-electron chi connectivity index (χ0n) is 10.8. The molecule has 1 aromatic rings. The topological polar surface area (TPSA) is 37.3 Å². The van der Waals surface area contributed by atoms with E-state index < -0.39 is 0 Å². The van der Waals surface area contributed by atoms with Crippen LogP contribution in [0.15, 0.2) is 24.3 Å². The van der Waals surface area contributed by atoms with E-state index in [1.807, 2.05) is 31.2 Å². The fourth-order valence-electron chi connectivity index (χ4n) is 1.78. The number of aliphatic hydroxyl groups excluding tert-OH is 1. The molecular formula is C15H22O2. The molecule has 17 heavy (non-hydrogen) atoms. The van der Waals surface area contributed by atoms with Gasteiger partial charge in [0.05, 0.1) is 0 Å². The highest BCUT2D eigenvalue weighted by molar-refractivity contribution is 5.96. The molecule has 0 aromatic heterocycles. The molecule has 1 N–H and O–H groups in total. The van der Waals surface area contributed by atoms with Gasteiger partial charge in [0.15, 0.2) is 5.78 Å². The van der Waals surface area contributed by atoms with Crippen LogP contribution in [-0.2, 0) is 0 Å². The predicted octanol–water partition coefficient (Wildman–Crippen LogP) is 3.55. The quantitative estimate of drug-likeness (QED) is 0.578. The van der Waals surface area contributed by atoms with E-state index in [9.17, 15) is 4.79 Å². The molecular weight excluding hydrogens is 212 g/mol. The van der Waals surface area contributed by atoms with Gasteiger partial charge in [-0.05, 0) is 12.0 Å². The summed E-state index contributed by atoms with van der Waals surface area (Å²) in [7, 11) is 0. The van der Waals surface area contributed by atoms with E-state index in [4.69, 9.17) is 5.11 Å². The van der Waals surface area contributed by atoms with Crippen molar-refractivity contribution >= 4 is 5.78 Å². The van der Waals surface area contributed by atoms with Crippen molar-refractivity contribution < 1.29 is 9.90 Å². The zero-order valence-corrected chi connectivity index (χ0v) is 10.8. The van der Waals surface area contributed by atoms with Gasteiger partial charge < -0.3 is 5.11 Å². The van der Waals surface area contributed by atoms with Crippen molar-refractivity contribution in [2.45, 2.75) is 45.4 Å². The standard InChI is InChI=1S/C15H22O2/c1-3-4-5-6-15(17)14-9-7-13(8-10-14)12(2)11-16/h7-10,12,16H,3-6,11H2,1-2H3. The SMILES string of the molecule is CCCCCC(=O)c1ccc(C(C)CO)cc1. The average molecular weight is 234 g/mol. The summed E-state index contributed by atoms with van der Waals surface area (Å²) in [5.41, 5.74) is 1.87. The Hall–Kier alpha value is -1.15. The molecule has 0 saturated heterocycles. The molecule has 1 aromatic carbocycles. The van der Waals surface area contributed by atoms with Gasteiger partial charge in [-0.15, -0.1) is 0 Å². The minimum atomic E-state index is 0.138. The number of carbonyl (C=O) groups excluding carboxylic acids is 1. The number of benzene rings is 1. The van der Waals surface area contributed by atoms with Crippen molar-refractivity contribution in [3.05, 3.63) is 35.4 Å². The van der Waals surface area contributed by atoms with Crippen molar-refractivity contribution in [3.63, 3.8) is 0 Å². The van der Waals surface area contributed by atoms with E-state index in [2.05, 4.69) is 6.92 Å². The van der Waals surface area contributed by atoms with Gasteiger partial charge >= 0.3 is 0 Å². The highest BCUT2D eigenvalue weighted by Gasteiger charge is 2.07. The third-order valence-corrected chi connectivity index (χ3v) is 3.08. The Morgan fingerprint density at radius 2 is 1.88 bits per heavy atom. The van der Waals surface area contributed by atoms with E-state index in [-0.39, 0.29) is 18.3 Å². The number of Topliss-reactive ketones (excluding diaryl/α,β-unsaturated/α-hetero) is 1. The van der Waals surface area contributed by atoms with Gasteiger partial charge in [-0.3, -0.25) is 4.79 Å². The Balaban J connectivity index is 2.58. The molecule has 1 unspecified atom stereocenters. The minimum absolute atomic E-state index is 0.138. The number of hydrogen-bond donors (Lipinski definition) is 1. The molecule has 2 heteroatoms. The number of unbranched alkanes of at least 4 members (excludes halogenated alkanes) is 2. The van der Waals surface area contributed by atoms with Crippen molar-refractivity contribution in [1.82, 2.24) is 0 Å². The third kappa shape index (κ3) is 4.31. The number of hydrogen-bond acceptors (Lipinski definition) is 2. The van der Waals surface area contributed by atoms with Gasteiger partial charge in [0.25, 0.3) is 0 Å². The fourth-order valence-corrected chi connectivity index (χ4v) is 1.78. The van der Waals surface area contributed by atoms with Crippen LogP contribution in [0.25, 0.3) is 0 Å². The number of aliphatic hydroxyl groups is 1. The van der Waals surface area contributed by atoms with Gasteiger partial charge in [0.2, 0.25) is 0 Å². The molecule has 2 nitrogen and oxygen atoms in total. The maximum absolute atomic E-state index is 11.8. The second-order valence-corrected chi connectivity index (χ2v) is 4.59. The van der Waals surface area contributed by atoms with E-state index in [1.54, 1.807) is 0 Å². The number of carbonyl (C=O) groups is 1. The number of ketones is 1. The highest BCUT2D eigenvalue weighted by atomic mass is 16.3. The average Bonchev–Trinajstić information content (AvgIpc) is 2.38. The van der Waals surface area contributed by atoms with Gasteiger partial charge in [0.1, 0.15) is 0 Å². The van der Waals surface area contributed by atoms with Crippen molar-refractivity contribution in [1.29, 1.82) is 0 Å². The first-order valence-corrected chi connectivity index (χ1v) is 6.43. The Morgan fingerprint density at radius 1 is 1.24 bits per heavy atom. The number of rotatable bonds is 7. The second kappa shape index (κ2) is 7.23. The second-order valence-electron chi connectivity index (χ2n) is 4.59. The van der Waals surface area contributed by atoms with Crippen molar-refractivity contribution in [2.24, 2.45) is 0 Å². The summed E-state index contributed by atoms with van der Waals surface area (Å²) < 4.78 is 0. The van der Waals surface area contributed by atoms with Crippen LogP contribution in [0.5, 0.6) is 0 Å². The van der Waals surface area contributed by atoms with Gasteiger partial charge in [-0.1, -0.05) is 51.0 Å². The largest absolute Gasteiger partial charge is 0.396 e. The Labute approximate surface area is 104 Å². The van der Waals surface area contributed by atoms with Crippen molar-refractivity contribution in [3.8, 4) is 0 Å². The molecule has 0 fully saturated rings. The lowest BCUT2D eigenvalue weighted by Gasteiger charge is -2.08. The lowest BCUT2D eigenvalue weighted by Crippen LogP contribution is -2.02. The van der Waals surface area contributed by atoms with Crippen LogP contribution >= 0.6 is 0 Å². The van der Waals surface area contributed by atoms with E-state index in [0.717, 1.165) is 30.4 Å². The minimum Gasteiger partial charge on any atom is -0.396 e. The molecule has 1 atom stereocenters. The van der Waals surface area contributed by atoms with Crippen LogP contribution in [0.1, 0.15) is 61.4 Å². The molecule has 0 aliphatic heterocycles. The third-order valence-electron chi connectivity index (χ3n) is 3.08. The maximum atomic E-state index is 11.8. The van der Waals surface area contributed by atoms with E-state index in [0.29, 0.717) is 6.42 Å². The smallest absolute Gasteiger partial charge is 0.162 e. The summed E-state index contributed by atoms with van der Waals surface area (Å²) in [5.74, 6) is 0.362. The first-order chi connectivity index (χ1) is 8.19. The fraction of sp³-hybridized carbons (Fsp3) is 0.533. The summed E-state index contributed by atoms with van der Waals surface area (Å²) in [5, 5.41) is 9.04. The van der Waals surface area contributed by atoms with Gasteiger partial charge in [0, 0.05) is 24.5 Å². The summed E-state index contributed by atoms with van der Waals surface area (Å²) in [6, 6.07) is 7.62. The highest BCUT2D eigenvalue weighted by Crippen LogP contribution is 2.16. The first-order valence-electron chi connectivity index (χ1n) is 6.43. The summed E-state index contributed by atoms with van der Waals surface area (Å²) >= 11 is 0. The maximum Gasteiger partial charge on any atom is 0.162 e. The Morgan fingerprint density at radius 3 is 2.41 bits per heavy atom. The molecule has 0 saturated carbocycles. The van der Waals surface area contributed by atoms with Gasteiger partial charge in [-0.2, -0.15) is 0 Å². The van der Waals surface area contributed by atoms with Crippen LogP contribution in [0, 0.1) is 0 Å². The summed E-state index contributed by atoms with van der Waals surface area (Å²) in [6.45, 7) is 4.25. The lowest BCUT2D eigenvalue weighted by atomic mass is 9.98. The Kier molecular flexibility index (Phi) is 5.92. The van der Waals surface area contributed by atoms with Crippen molar-refractivity contribution in [2.75, 3.05) is 6.61 Å². The molecule has 0 heterocycles. The molecule has 1 rings (SSSR count). The molecule has 0 spiro atoms. The molecule has 0 amide bonds. The monoisotopic (exact) mass is 234 g/mol. The summed E-state index contributed by atoms with van der Waals surface area (Å²) in [4.78, 5) is 11.8. The van der Waals surface area contributed by atoms with Crippen LogP contribution in [0.2, 0.25) is 0 Å². The molecule has 0 aliphatic carbocycles. The first kappa shape index (κ1) is 13.9. The lowest BCUT2D eigenvalue weighted by molar-refractivity contribution is 0.0979. The van der Waals surface area contributed by atoms with Crippen LogP contribution < -0.4 is 0 Å². The van der Waals surface area contributed by atoms with Crippen LogP contribution in [-0.4, -0.2) is 17.5 Å². The molecule has 0 bridgehead atoms. The Bertz CT molecular complexity index is 340. The van der Waals surface area contributed by atoms with Crippen LogP contribution in [0.4, 0.5) is 0 Å². The molecule has 0 aliphatic rings. The van der Waals surface area contributed by atoms with Crippen LogP contribution in [0.3, 0.4) is 0 Å². The normalized spacial score (nSPS) is 12.4. The molecule has 94 valence electrons. The predicted molar refractivity (Wildman–Crippen MR) is 70.4 cm³/mol. The zero-order chi connectivity index (χ0) is 12.7. The summed E-state index contributed by atoms with van der Waals surface area (Å²) in [6.07, 6.45) is 3.87. The molecule has 0 radical (unpaired) electrons. The van der Waals surface area contributed by atoms with E-state index in [1.165, 1.54) is 0 Å². The van der Waals surface area contributed by atoms with Gasteiger partial charge in [-0.25, -0.2) is 0 Å². The van der Waals surface area contributed by atoms with E-state index >= 15 is 0 Å².